The zero-order chi connectivity index (χ0) is 26.5. The first-order valence-electron chi connectivity index (χ1n) is 10.6. The highest BCUT2D eigenvalue weighted by Gasteiger charge is 2.11. The number of ether oxygens (including phenoxy) is 2. The van der Waals surface area contributed by atoms with Crippen LogP contribution in [0.1, 0.15) is 97.8 Å². The molecule has 0 saturated heterocycles. The van der Waals surface area contributed by atoms with E-state index in [1.165, 1.54) is 6.07 Å². The smallest absolute Gasteiger partial charge is 0.354 e. The van der Waals surface area contributed by atoms with Gasteiger partial charge in [-0.2, -0.15) is 0 Å². The van der Waals surface area contributed by atoms with Gasteiger partial charge in [-0.25, -0.2) is 14.4 Å². The van der Waals surface area contributed by atoms with Crippen LogP contribution in [0.4, 0.5) is 0 Å². The number of H-pyrrole nitrogens is 3. The van der Waals surface area contributed by atoms with E-state index in [0.717, 1.165) is 11.1 Å². The highest BCUT2D eigenvalue weighted by Crippen LogP contribution is 2.09. The van der Waals surface area contributed by atoms with Crippen molar-refractivity contribution < 1.29 is 38.6 Å². The molecular weight excluding hydrogens is 482 g/mol. The predicted octanol–water partition coefficient (Wildman–Crippen LogP) is 4.92. The molecule has 0 amide bonds. The number of carbonyl (C=O) groups is 5. The van der Waals surface area contributed by atoms with Crippen LogP contribution in [0.5, 0.6) is 0 Å². The van der Waals surface area contributed by atoms with E-state index in [2.05, 4.69) is 15.0 Å². The number of carbonyl (C=O) groups excluding carboxylic acids is 4. The lowest BCUT2D eigenvalue weighted by atomic mass is 10.3. The van der Waals surface area contributed by atoms with Crippen LogP contribution in [0.3, 0.4) is 0 Å². The Morgan fingerprint density at radius 3 is 1.54 bits per heavy atom. The number of aryl methyl sites for hydroxylation is 3. The van der Waals surface area contributed by atoms with Gasteiger partial charge in [0.1, 0.15) is 17.1 Å². The van der Waals surface area contributed by atoms with E-state index >= 15 is 0 Å². The third-order valence-corrected chi connectivity index (χ3v) is 4.39. The average molecular weight is 520 g/mol. The lowest BCUT2D eigenvalue weighted by Crippen LogP contribution is -2.04. The molecule has 3 heterocycles. The average Bonchev–Trinajstić information content (AvgIpc) is 3.53. The first kappa shape index (κ1) is 34.8. The highest BCUT2D eigenvalue weighted by atomic mass is 16.5. The standard InChI is InChI=1S/C9H11NO3.C8H11NO2.C7H7NO3.2CH4/c1-3-13-9(12)7-4-6(2)8(5-11)10-7;1-3-11-8(10)7-4-6(2)5-9-7;1-4-2-5(7(10)11)8-6(4)3-9;;/h4-5,10H,3H2,1-2H3;4-5,9H,3H2,1-2H3;2-3,8H,1H3,(H,10,11);2*1H4. The number of rotatable bonds is 7. The second-order valence-corrected chi connectivity index (χ2v) is 7.13. The molecule has 4 N–H and O–H groups in total. The van der Waals surface area contributed by atoms with Gasteiger partial charge in [0.15, 0.2) is 12.6 Å². The Hall–Kier alpha value is -4.41. The van der Waals surface area contributed by atoms with Gasteiger partial charge in [-0.3, -0.25) is 9.59 Å². The SMILES string of the molecule is C.C.CCOC(=O)c1cc(C)c(C=O)[nH]1.CCOC(=O)c1cc(C)c[nH]1.Cc1cc(C(=O)O)[nH]c1C=O. The summed E-state index contributed by atoms with van der Waals surface area (Å²) in [6, 6.07) is 4.78. The maximum atomic E-state index is 11.2. The summed E-state index contributed by atoms with van der Waals surface area (Å²) in [6.45, 7) is 9.60. The summed E-state index contributed by atoms with van der Waals surface area (Å²) in [4.78, 5) is 61.1. The summed E-state index contributed by atoms with van der Waals surface area (Å²) in [5, 5.41) is 8.47. The molecule has 3 rings (SSSR count). The molecule has 0 atom stereocenters. The van der Waals surface area contributed by atoms with Gasteiger partial charge in [-0.1, -0.05) is 14.9 Å². The Kier molecular flexibility index (Phi) is 16.1. The topological polar surface area (TPSA) is 171 Å². The fourth-order valence-corrected chi connectivity index (χ4v) is 2.66. The van der Waals surface area contributed by atoms with Crippen LogP contribution in [0, 0.1) is 20.8 Å². The molecule has 3 aromatic rings. The van der Waals surface area contributed by atoms with E-state index in [1.807, 2.05) is 6.92 Å². The molecule has 0 spiro atoms. The third kappa shape index (κ3) is 10.8. The predicted molar refractivity (Wildman–Crippen MR) is 140 cm³/mol. The van der Waals surface area contributed by atoms with Gasteiger partial charge < -0.3 is 29.5 Å². The Balaban J connectivity index is 0. The lowest BCUT2D eigenvalue weighted by Gasteiger charge is -1.96. The van der Waals surface area contributed by atoms with Crippen LogP contribution in [0.25, 0.3) is 0 Å². The quantitative estimate of drug-likeness (QED) is 0.252. The molecule has 204 valence electrons. The third-order valence-electron chi connectivity index (χ3n) is 4.39. The number of carboxylic acids is 1. The number of carboxylic acid groups (broad SMARTS) is 1. The summed E-state index contributed by atoms with van der Waals surface area (Å²) in [5.41, 5.74) is 4.06. The van der Waals surface area contributed by atoms with Crippen LogP contribution < -0.4 is 0 Å². The van der Waals surface area contributed by atoms with Gasteiger partial charge in [-0.05, 0) is 69.5 Å². The van der Waals surface area contributed by atoms with E-state index in [0.29, 0.717) is 54.1 Å². The Morgan fingerprint density at radius 1 is 0.784 bits per heavy atom. The van der Waals surface area contributed by atoms with Gasteiger partial charge in [-0.15, -0.1) is 0 Å². The molecule has 3 aromatic heterocycles. The zero-order valence-corrected chi connectivity index (χ0v) is 20.2. The molecule has 0 radical (unpaired) electrons. The molecule has 0 aliphatic rings. The van der Waals surface area contributed by atoms with Crippen molar-refractivity contribution in [2.75, 3.05) is 13.2 Å². The number of esters is 2. The minimum atomic E-state index is -1.05. The number of aldehydes is 2. The molecule has 11 nitrogen and oxygen atoms in total. The first-order chi connectivity index (χ1) is 16.6. The Labute approximate surface area is 216 Å². The van der Waals surface area contributed by atoms with Crippen LogP contribution in [0.2, 0.25) is 0 Å². The maximum Gasteiger partial charge on any atom is 0.354 e. The number of hydrogen-bond donors (Lipinski definition) is 4. The second-order valence-electron chi connectivity index (χ2n) is 7.13. The van der Waals surface area contributed by atoms with Crippen LogP contribution in [-0.2, 0) is 9.47 Å². The second kappa shape index (κ2) is 17.1. The number of nitrogens with one attached hydrogen (secondary N) is 3. The van der Waals surface area contributed by atoms with Crippen molar-refractivity contribution in [3.63, 3.8) is 0 Å². The summed E-state index contributed by atoms with van der Waals surface area (Å²) in [6.07, 6.45) is 3.05. The van der Waals surface area contributed by atoms with Crippen LogP contribution in [-0.4, -0.2) is 63.8 Å². The van der Waals surface area contributed by atoms with Gasteiger partial charge in [0.2, 0.25) is 0 Å². The van der Waals surface area contributed by atoms with Crippen molar-refractivity contribution in [2.24, 2.45) is 0 Å². The monoisotopic (exact) mass is 519 g/mol. The molecule has 0 aromatic carbocycles. The van der Waals surface area contributed by atoms with Crippen LogP contribution in [0.15, 0.2) is 24.4 Å². The fraction of sp³-hybridized carbons (Fsp3) is 0.346. The maximum absolute atomic E-state index is 11.2. The molecule has 0 unspecified atom stereocenters. The van der Waals surface area contributed by atoms with E-state index < -0.39 is 11.9 Å². The molecule has 0 saturated carbocycles. The van der Waals surface area contributed by atoms with Crippen molar-refractivity contribution in [2.45, 2.75) is 49.5 Å². The zero-order valence-electron chi connectivity index (χ0n) is 20.2. The van der Waals surface area contributed by atoms with E-state index in [9.17, 15) is 24.0 Å². The van der Waals surface area contributed by atoms with Crippen molar-refractivity contribution in [1.29, 1.82) is 0 Å². The van der Waals surface area contributed by atoms with Crippen LogP contribution >= 0.6 is 0 Å². The minimum absolute atomic E-state index is 0. The van der Waals surface area contributed by atoms with Gasteiger partial charge in [0, 0.05) is 6.20 Å². The minimum Gasteiger partial charge on any atom is -0.477 e. The molecule has 11 heteroatoms. The molecular formula is C26H37N3O8. The first-order valence-corrected chi connectivity index (χ1v) is 10.6. The fourth-order valence-electron chi connectivity index (χ4n) is 2.66. The Bertz CT molecular complexity index is 1170. The number of aromatic amines is 3. The van der Waals surface area contributed by atoms with Gasteiger partial charge in [0.25, 0.3) is 0 Å². The molecule has 0 fully saturated rings. The summed E-state index contributed by atoms with van der Waals surface area (Å²) < 4.78 is 9.53. The normalized spacial score (nSPS) is 9.11. The van der Waals surface area contributed by atoms with E-state index in [1.54, 1.807) is 46.0 Å². The van der Waals surface area contributed by atoms with Crippen molar-refractivity contribution in [3.8, 4) is 0 Å². The summed E-state index contributed by atoms with van der Waals surface area (Å²) >= 11 is 0. The van der Waals surface area contributed by atoms with Gasteiger partial charge >= 0.3 is 17.9 Å². The van der Waals surface area contributed by atoms with Crippen molar-refractivity contribution in [1.82, 2.24) is 15.0 Å². The number of aromatic carboxylic acids is 1. The van der Waals surface area contributed by atoms with Crippen molar-refractivity contribution >= 4 is 30.5 Å². The highest BCUT2D eigenvalue weighted by molar-refractivity contribution is 5.90. The van der Waals surface area contributed by atoms with E-state index in [4.69, 9.17) is 14.6 Å². The van der Waals surface area contributed by atoms with Crippen molar-refractivity contribution in [3.05, 3.63) is 69.6 Å². The Morgan fingerprint density at radius 2 is 1.22 bits per heavy atom. The van der Waals surface area contributed by atoms with Gasteiger partial charge in [0.05, 0.1) is 24.6 Å². The molecule has 37 heavy (non-hydrogen) atoms. The van der Waals surface area contributed by atoms with E-state index in [-0.39, 0.29) is 26.5 Å². The largest absolute Gasteiger partial charge is 0.477 e. The molecule has 0 bridgehead atoms. The molecule has 0 aliphatic heterocycles. The number of hydrogen-bond acceptors (Lipinski definition) is 7. The number of aromatic nitrogens is 3. The summed E-state index contributed by atoms with van der Waals surface area (Å²) in [5.74, 6) is -1.78. The lowest BCUT2D eigenvalue weighted by molar-refractivity contribution is 0.0510. The molecule has 0 aliphatic carbocycles. The summed E-state index contributed by atoms with van der Waals surface area (Å²) in [7, 11) is 0.